The van der Waals surface area contributed by atoms with Gasteiger partial charge in [-0.25, -0.2) is 4.79 Å². The molecule has 55 heavy (non-hydrogen) atoms. The van der Waals surface area contributed by atoms with Gasteiger partial charge in [0, 0.05) is 36.8 Å². The average Bonchev–Trinajstić information content (AvgIpc) is 4.09. The number of epoxide rings is 1. The van der Waals surface area contributed by atoms with Crippen molar-refractivity contribution in [2.75, 3.05) is 13.2 Å². The van der Waals surface area contributed by atoms with Crippen molar-refractivity contribution in [1.29, 1.82) is 0 Å². The second kappa shape index (κ2) is 15.4. The number of hydrogen-bond acceptors (Lipinski definition) is 10. The van der Waals surface area contributed by atoms with Crippen LogP contribution in [0.4, 0.5) is 0 Å². The van der Waals surface area contributed by atoms with Crippen molar-refractivity contribution in [3.05, 3.63) is 53.1 Å². The van der Waals surface area contributed by atoms with Crippen molar-refractivity contribution in [1.82, 2.24) is 10.2 Å². The van der Waals surface area contributed by atoms with Crippen molar-refractivity contribution in [3.63, 3.8) is 0 Å². The molecule has 8 rings (SSSR count). The molecular weight excluding hydrogens is 704 g/mol. The maximum Gasteiger partial charge on any atom is 0.338 e. The van der Waals surface area contributed by atoms with Crippen LogP contribution in [0.1, 0.15) is 114 Å². The Balaban J connectivity index is 0.941. The number of fused-ring (bicyclic) bond motifs is 2. The van der Waals surface area contributed by atoms with Gasteiger partial charge >= 0.3 is 11.9 Å². The minimum Gasteiger partial charge on any atom is -0.460 e. The molecule has 1 aromatic carbocycles. The van der Waals surface area contributed by atoms with Gasteiger partial charge < -0.3 is 39.0 Å². The predicted octanol–water partition coefficient (Wildman–Crippen LogP) is 5.01. The van der Waals surface area contributed by atoms with Gasteiger partial charge in [0.15, 0.2) is 5.79 Å². The number of esters is 2. The zero-order valence-electron chi connectivity index (χ0n) is 32.3. The normalized spacial score (nSPS) is 31.6. The molecule has 0 spiro atoms. The lowest BCUT2D eigenvalue weighted by molar-refractivity contribution is -0.209. The Hall–Kier alpha value is -3.58. The molecule has 7 aliphatic rings. The van der Waals surface area contributed by atoms with E-state index in [4.69, 9.17) is 23.7 Å². The summed E-state index contributed by atoms with van der Waals surface area (Å²) in [4.78, 5) is 55.4. The van der Waals surface area contributed by atoms with E-state index in [1.165, 1.54) is 0 Å². The summed E-state index contributed by atoms with van der Waals surface area (Å²) in [5.41, 5.74) is 1.22. The topological polar surface area (TPSA) is 153 Å². The monoisotopic (exact) mass is 760 g/mol. The molecule has 0 bridgehead atoms. The highest BCUT2D eigenvalue weighted by molar-refractivity contribution is 5.98. The van der Waals surface area contributed by atoms with Crippen molar-refractivity contribution in [2.45, 2.75) is 152 Å². The summed E-state index contributed by atoms with van der Waals surface area (Å²) < 4.78 is 30.8. The van der Waals surface area contributed by atoms with Crippen LogP contribution in [0.25, 0.3) is 6.08 Å². The van der Waals surface area contributed by atoms with Crippen LogP contribution in [-0.4, -0.2) is 101 Å². The van der Waals surface area contributed by atoms with E-state index in [0.29, 0.717) is 48.6 Å². The smallest absolute Gasteiger partial charge is 0.338 e. The number of aliphatic hydroxyl groups is 1. The van der Waals surface area contributed by atoms with E-state index < -0.39 is 53.7 Å². The van der Waals surface area contributed by atoms with Crippen molar-refractivity contribution >= 4 is 29.8 Å². The van der Waals surface area contributed by atoms with Gasteiger partial charge in [0.2, 0.25) is 11.8 Å². The molecule has 0 aromatic heterocycles. The lowest BCUT2D eigenvalue weighted by Gasteiger charge is -2.33. The number of rotatable bonds is 13. The summed E-state index contributed by atoms with van der Waals surface area (Å²) in [6.45, 7) is 5.38. The number of ether oxygens (including phenoxy) is 5. The first kappa shape index (κ1) is 38.3. The summed E-state index contributed by atoms with van der Waals surface area (Å²) in [7, 11) is 0. The highest BCUT2D eigenvalue weighted by Gasteiger charge is 2.64. The van der Waals surface area contributed by atoms with Crippen LogP contribution in [0.2, 0.25) is 0 Å². The highest BCUT2D eigenvalue weighted by Crippen LogP contribution is 2.59. The minimum atomic E-state index is -0.762. The molecule has 2 N–H and O–H groups in total. The number of carbonyl (C=O) groups excluding carboxylic acids is 4. The van der Waals surface area contributed by atoms with Gasteiger partial charge in [-0.1, -0.05) is 24.3 Å². The Morgan fingerprint density at radius 1 is 1.00 bits per heavy atom. The number of hydrogen-bond donors (Lipinski definition) is 2. The molecule has 8 atom stereocenters. The molecular formula is C43H56N2O10. The third kappa shape index (κ3) is 8.72. The van der Waals surface area contributed by atoms with E-state index in [1.807, 2.05) is 18.2 Å². The second-order valence-electron chi connectivity index (χ2n) is 17.7. The molecule has 12 heteroatoms. The van der Waals surface area contributed by atoms with Crippen LogP contribution in [0.3, 0.4) is 0 Å². The number of nitrogens with one attached hydrogen (secondary N) is 1. The zero-order chi connectivity index (χ0) is 38.5. The fraction of sp³-hybridized carbons (Fsp3) is 0.674. The molecule has 298 valence electrons. The van der Waals surface area contributed by atoms with Gasteiger partial charge in [-0.2, -0.15) is 0 Å². The number of aliphatic hydroxyl groups excluding tert-OH is 1. The van der Waals surface area contributed by atoms with Crippen LogP contribution in [-0.2, 0) is 38.1 Å². The van der Waals surface area contributed by atoms with Crippen molar-refractivity contribution in [3.8, 4) is 0 Å². The number of amides is 2. The predicted molar refractivity (Wildman–Crippen MR) is 200 cm³/mol. The standard InChI is InChI=1S/C43H56N2O10/c1-42(2,3)54-37(47)19-17-31(24-46)44-39(48)32-5-4-20-45(32)40(49)28-22-35(38-36(23-28)53-43(55-38,29-13-14-29)30-15-16-30)52-41(50)27-11-8-25(9-12-27)6-7-26-10-18-33-34(21-26)51-33/h6-9,11-12,23,26,29-36,38,46H,4-5,10,13-22,24H2,1-3H3,(H,44,48)/t26?,31-,32+,33?,34?,35+,36+,38-/m0/s1. The maximum absolute atomic E-state index is 14.3. The van der Waals surface area contributed by atoms with Crippen LogP contribution in [0, 0.1) is 17.8 Å². The van der Waals surface area contributed by atoms with Crippen LogP contribution < -0.4 is 5.32 Å². The van der Waals surface area contributed by atoms with Crippen LogP contribution in [0.5, 0.6) is 0 Å². The first-order valence-electron chi connectivity index (χ1n) is 20.5. The Bertz CT molecular complexity index is 1680. The van der Waals surface area contributed by atoms with E-state index in [0.717, 1.165) is 50.5 Å². The third-order valence-electron chi connectivity index (χ3n) is 12.2. The molecule has 3 saturated heterocycles. The quantitative estimate of drug-likeness (QED) is 0.207. The maximum atomic E-state index is 14.3. The number of likely N-dealkylation sites (tertiary alicyclic amines) is 1. The van der Waals surface area contributed by atoms with E-state index in [2.05, 4.69) is 17.5 Å². The molecule has 12 nitrogen and oxygen atoms in total. The van der Waals surface area contributed by atoms with Gasteiger partial charge in [0.1, 0.15) is 30.0 Å². The summed E-state index contributed by atoms with van der Waals surface area (Å²) >= 11 is 0. The Morgan fingerprint density at radius 2 is 1.75 bits per heavy atom. The molecule has 3 heterocycles. The van der Waals surface area contributed by atoms with E-state index in [-0.39, 0.29) is 49.5 Å². The van der Waals surface area contributed by atoms with E-state index >= 15 is 0 Å². The van der Waals surface area contributed by atoms with Crippen molar-refractivity contribution in [2.24, 2.45) is 17.8 Å². The zero-order valence-corrected chi connectivity index (χ0v) is 32.3. The fourth-order valence-corrected chi connectivity index (χ4v) is 9.01. The Kier molecular flexibility index (Phi) is 10.7. The summed E-state index contributed by atoms with van der Waals surface area (Å²) in [5.74, 6) is -1.25. The van der Waals surface area contributed by atoms with Gasteiger partial charge in [-0.15, -0.1) is 0 Å². The summed E-state index contributed by atoms with van der Waals surface area (Å²) in [5, 5.41) is 12.9. The number of nitrogens with zero attached hydrogens (tertiary/aromatic N) is 1. The highest BCUT2D eigenvalue weighted by atomic mass is 16.8. The van der Waals surface area contributed by atoms with Crippen LogP contribution >= 0.6 is 0 Å². The summed E-state index contributed by atoms with van der Waals surface area (Å²) in [6, 6.07) is 5.98. The lowest BCUT2D eigenvalue weighted by Crippen LogP contribution is -2.51. The van der Waals surface area contributed by atoms with E-state index in [9.17, 15) is 24.3 Å². The lowest BCUT2D eigenvalue weighted by atomic mass is 9.89. The van der Waals surface area contributed by atoms with Gasteiger partial charge in [-0.3, -0.25) is 14.4 Å². The SMILES string of the molecule is CC(C)(C)OC(=O)CC[C@@H](CO)NC(=O)[C@H]1CCCN1C(=O)C1=C[C@H]2OC(C3CC3)(C3CC3)O[C@H]2[C@H](OC(=O)c2ccc(C=CC3CCC4OC4C3)cc2)C1. The van der Waals surface area contributed by atoms with Gasteiger partial charge in [-0.05, 0) is 115 Å². The molecule has 3 unspecified atom stereocenters. The fourth-order valence-electron chi connectivity index (χ4n) is 9.01. The Morgan fingerprint density at radius 3 is 2.42 bits per heavy atom. The van der Waals surface area contributed by atoms with Gasteiger partial charge in [0.25, 0.3) is 0 Å². The average molecular weight is 761 g/mol. The van der Waals surface area contributed by atoms with E-state index in [1.54, 1.807) is 37.8 Å². The van der Waals surface area contributed by atoms with Crippen LogP contribution in [0.15, 0.2) is 42.0 Å². The molecule has 3 aliphatic heterocycles. The molecule has 4 aliphatic carbocycles. The third-order valence-corrected chi connectivity index (χ3v) is 12.2. The summed E-state index contributed by atoms with van der Waals surface area (Å²) in [6.07, 6.45) is 14.0. The molecule has 6 fully saturated rings. The Labute approximate surface area is 323 Å². The van der Waals surface area contributed by atoms with Gasteiger partial charge in [0.05, 0.1) is 30.4 Å². The molecule has 0 radical (unpaired) electrons. The number of benzene rings is 1. The molecule has 3 saturated carbocycles. The second-order valence-corrected chi connectivity index (χ2v) is 17.7. The molecule has 1 aromatic rings. The first-order valence-corrected chi connectivity index (χ1v) is 20.5. The van der Waals surface area contributed by atoms with Crippen molar-refractivity contribution < 1.29 is 48.0 Å². The number of carbonyl (C=O) groups is 4. The minimum absolute atomic E-state index is 0.0371. The number of allylic oxidation sites excluding steroid dienone is 1. The molecule has 2 amide bonds. The first-order chi connectivity index (χ1) is 26.4. The largest absolute Gasteiger partial charge is 0.460 e.